The largest absolute Gasteiger partial charge is 0.461 e. The summed E-state index contributed by atoms with van der Waals surface area (Å²) in [6, 6.07) is 0. The zero-order valence-corrected chi connectivity index (χ0v) is 14.8. The second-order valence-electron chi connectivity index (χ2n) is 5.65. The topological polar surface area (TPSA) is 86.6 Å². The summed E-state index contributed by atoms with van der Waals surface area (Å²) in [6.45, 7) is 6.16. The Balaban J connectivity index is 2.30. The molecule has 8 heteroatoms. The van der Waals surface area contributed by atoms with Gasteiger partial charge in [-0.15, -0.1) is 0 Å². The molecule has 1 aliphatic heterocycles. The Morgan fingerprint density at radius 1 is 1.43 bits per heavy atom. The van der Waals surface area contributed by atoms with Crippen LogP contribution in [0.4, 0.5) is 0 Å². The number of sulfonamides is 1. The monoisotopic (exact) mass is 344 g/mol. The highest BCUT2D eigenvalue weighted by molar-refractivity contribution is 7.89. The maximum Gasteiger partial charge on any atom is 0.355 e. The van der Waals surface area contributed by atoms with E-state index < -0.39 is 16.0 Å². The molecule has 0 bridgehead atoms. The lowest BCUT2D eigenvalue weighted by Crippen LogP contribution is -2.32. The third-order valence-electron chi connectivity index (χ3n) is 4.13. The van der Waals surface area contributed by atoms with Crippen LogP contribution in [0.25, 0.3) is 0 Å². The molecule has 1 aliphatic rings. The molecule has 130 valence electrons. The van der Waals surface area contributed by atoms with E-state index in [-0.39, 0.29) is 29.8 Å². The molecule has 7 nitrogen and oxygen atoms in total. The number of hydrogen-bond acceptors (Lipinski definition) is 5. The number of aromatic nitrogens is 1. The second kappa shape index (κ2) is 7.02. The molecule has 0 saturated carbocycles. The van der Waals surface area contributed by atoms with Crippen LogP contribution in [0.15, 0.2) is 4.90 Å². The van der Waals surface area contributed by atoms with E-state index in [1.54, 1.807) is 32.4 Å². The van der Waals surface area contributed by atoms with Gasteiger partial charge < -0.3 is 14.0 Å². The van der Waals surface area contributed by atoms with Crippen molar-refractivity contribution in [3.8, 4) is 0 Å². The minimum Gasteiger partial charge on any atom is -0.461 e. The standard InChI is InChI=1S/C15H24N2O5S/c1-5-21-15(18)13-10(2)14(11(3)17(13)4)23(19,20)16-9-12-7-6-8-22-12/h12,16H,5-9H2,1-4H3/t12-/m0/s1. The van der Waals surface area contributed by atoms with E-state index in [4.69, 9.17) is 9.47 Å². The van der Waals surface area contributed by atoms with Crippen molar-refractivity contribution in [2.24, 2.45) is 7.05 Å². The van der Waals surface area contributed by atoms with Gasteiger partial charge in [0.1, 0.15) is 10.6 Å². The van der Waals surface area contributed by atoms with Gasteiger partial charge in [-0.2, -0.15) is 0 Å². The number of hydrogen-bond donors (Lipinski definition) is 1. The first-order valence-electron chi connectivity index (χ1n) is 7.73. The summed E-state index contributed by atoms with van der Waals surface area (Å²) in [5, 5.41) is 0. The molecule has 23 heavy (non-hydrogen) atoms. The van der Waals surface area contributed by atoms with Gasteiger partial charge in [0.15, 0.2) is 0 Å². The summed E-state index contributed by atoms with van der Waals surface area (Å²) in [7, 11) is -2.06. The van der Waals surface area contributed by atoms with Gasteiger partial charge in [0.2, 0.25) is 10.0 Å². The van der Waals surface area contributed by atoms with Gasteiger partial charge in [-0.1, -0.05) is 0 Å². The van der Waals surface area contributed by atoms with Crippen LogP contribution in [0.1, 0.15) is 41.5 Å². The van der Waals surface area contributed by atoms with Gasteiger partial charge in [0.25, 0.3) is 0 Å². The molecule has 0 unspecified atom stereocenters. The number of rotatable bonds is 6. The molecular weight excluding hydrogens is 320 g/mol. The van der Waals surface area contributed by atoms with Gasteiger partial charge in [-0.25, -0.2) is 17.9 Å². The molecular formula is C15H24N2O5S. The van der Waals surface area contributed by atoms with Crippen LogP contribution in [0.3, 0.4) is 0 Å². The fourth-order valence-electron chi connectivity index (χ4n) is 2.92. The van der Waals surface area contributed by atoms with E-state index in [0.717, 1.165) is 12.8 Å². The Hall–Kier alpha value is -1.38. The molecule has 0 radical (unpaired) electrons. The Morgan fingerprint density at radius 2 is 2.13 bits per heavy atom. The fraction of sp³-hybridized carbons (Fsp3) is 0.667. The van der Waals surface area contributed by atoms with E-state index in [2.05, 4.69) is 4.72 Å². The average Bonchev–Trinajstić information content (AvgIpc) is 3.05. The quantitative estimate of drug-likeness (QED) is 0.786. The zero-order valence-electron chi connectivity index (χ0n) is 14.0. The van der Waals surface area contributed by atoms with Crippen molar-refractivity contribution in [2.45, 2.75) is 44.6 Å². The fourth-order valence-corrected chi connectivity index (χ4v) is 4.49. The molecule has 0 aliphatic carbocycles. The lowest BCUT2D eigenvalue weighted by molar-refractivity contribution is 0.0514. The third kappa shape index (κ3) is 3.59. The van der Waals surface area contributed by atoms with Gasteiger partial charge in [-0.3, -0.25) is 0 Å². The Labute approximate surface area is 137 Å². The first-order valence-corrected chi connectivity index (χ1v) is 9.22. The molecule has 1 aromatic rings. The molecule has 0 aromatic carbocycles. The van der Waals surface area contributed by atoms with Crippen molar-refractivity contribution >= 4 is 16.0 Å². The summed E-state index contributed by atoms with van der Waals surface area (Å²) in [5.74, 6) is -0.517. The first-order chi connectivity index (χ1) is 10.8. The zero-order chi connectivity index (χ0) is 17.2. The van der Waals surface area contributed by atoms with Gasteiger partial charge >= 0.3 is 5.97 Å². The molecule has 1 saturated heterocycles. The van der Waals surface area contributed by atoms with Crippen molar-refractivity contribution in [3.05, 3.63) is 17.0 Å². The van der Waals surface area contributed by atoms with E-state index in [1.807, 2.05) is 0 Å². The van der Waals surface area contributed by atoms with Crippen molar-refractivity contribution in [1.82, 2.24) is 9.29 Å². The number of ether oxygens (including phenoxy) is 2. The Morgan fingerprint density at radius 3 is 2.70 bits per heavy atom. The molecule has 0 spiro atoms. The average molecular weight is 344 g/mol. The minimum absolute atomic E-state index is 0.0846. The van der Waals surface area contributed by atoms with Crippen molar-refractivity contribution in [3.63, 3.8) is 0 Å². The lowest BCUT2D eigenvalue weighted by Gasteiger charge is -2.12. The molecule has 1 aromatic heterocycles. The normalized spacial score (nSPS) is 18.3. The van der Waals surface area contributed by atoms with E-state index in [9.17, 15) is 13.2 Å². The molecule has 1 N–H and O–H groups in total. The predicted molar refractivity (Wildman–Crippen MR) is 85.0 cm³/mol. The number of nitrogens with zero attached hydrogens (tertiary/aromatic N) is 1. The highest BCUT2D eigenvalue weighted by Gasteiger charge is 2.30. The van der Waals surface area contributed by atoms with Crippen LogP contribution < -0.4 is 4.72 Å². The maximum atomic E-state index is 12.6. The first kappa shape index (κ1) is 18.0. The van der Waals surface area contributed by atoms with Crippen LogP contribution in [0.5, 0.6) is 0 Å². The lowest BCUT2D eigenvalue weighted by atomic mass is 10.2. The van der Waals surface area contributed by atoms with Gasteiger partial charge in [-0.05, 0) is 33.6 Å². The summed E-state index contributed by atoms with van der Waals surface area (Å²) in [6.07, 6.45) is 1.71. The van der Waals surface area contributed by atoms with E-state index in [1.165, 1.54) is 0 Å². The second-order valence-corrected chi connectivity index (χ2v) is 7.36. The van der Waals surface area contributed by atoms with Gasteiger partial charge in [0.05, 0.1) is 12.7 Å². The molecule has 1 atom stereocenters. The van der Waals surface area contributed by atoms with Crippen molar-refractivity contribution < 1.29 is 22.7 Å². The number of carbonyl (C=O) groups is 1. The SMILES string of the molecule is CCOC(=O)c1c(C)c(S(=O)(=O)NC[C@@H]2CCCO2)c(C)n1C. The highest BCUT2D eigenvalue weighted by atomic mass is 32.2. The summed E-state index contributed by atoms with van der Waals surface area (Å²) in [5.41, 5.74) is 1.18. The van der Waals surface area contributed by atoms with Crippen molar-refractivity contribution in [2.75, 3.05) is 19.8 Å². The van der Waals surface area contributed by atoms with Crippen LogP contribution in [-0.2, 0) is 26.5 Å². The number of nitrogens with one attached hydrogen (secondary N) is 1. The summed E-state index contributed by atoms with van der Waals surface area (Å²) < 4.78 is 39.9. The summed E-state index contributed by atoms with van der Waals surface area (Å²) >= 11 is 0. The molecule has 2 heterocycles. The Bertz CT molecular complexity index is 687. The van der Waals surface area contributed by atoms with E-state index in [0.29, 0.717) is 17.9 Å². The van der Waals surface area contributed by atoms with Crippen molar-refractivity contribution in [1.29, 1.82) is 0 Å². The third-order valence-corrected chi connectivity index (χ3v) is 5.81. The van der Waals surface area contributed by atoms with Crippen LogP contribution in [0, 0.1) is 13.8 Å². The van der Waals surface area contributed by atoms with Gasteiger partial charge in [0, 0.05) is 31.5 Å². The molecule has 2 rings (SSSR count). The van der Waals surface area contributed by atoms with Crippen LogP contribution in [-0.4, -0.2) is 44.8 Å². The van der Waals surface area contributed by atoms with Crippen LogP contribution >= 0.6 is 0 Å². The highest BCUT2D eigenvalue weighted by Crippen LogP contribution is 2.26. The Kier molecular flexibility index (Phi) is 5.49. The maximum absolute atomic E-state index is 12.6. The summed E-state index contributed by atoms with van der Waals surface area (Å²) in [4.78, 5) is 12.2. The number of esters is 1. The van der Waals surface area contributed by atoms with E-state index >= 15 is 0 Å². The number of carbonyl (C=O) groups excluding carboxylic acids is 1. The minimum atomic E-state index is -3.72. The molecule has 1 fully saturated rings. The predicted octanol–water partition coefficient (Wildman–Crippen LogP) is 1.28. The van der Waals surface area contributed by atoms with Crippen LogP contribution in [0.2, 0.25) is 0 Å². The smallest absolute Gasteiger partial charge is 0.355 e. The molecule has 0 amide bonds.